The Morgan fingerprint density at radius 3 is 2.83 bits per heavy atom. The lowest BCUT2D eigenvalue weighted by atomic mass is 10.3. The van der Waals surface area contributed by atoms with Gasteiger partial charge in [0.2, 0.25) is 0 Å². The van der Waals surface area contributed by atoms with Crippen LogP contribution >= 0.6 is 43.2 Å². The molecule has 96 valence electrons. The van der Waals surface area contributed by atoms with Crippen molar-refractivity contribution >= 4 is 49.2 Å². The molecule has 0 aromatic carbocycles. The second-order valence-corrected chi connectivity index (χ2v) is 7.09. The van der Waals surface area contributed by atoms with Gasteiger partial charge in [-0.3, -0.25) is 0 Å². The van der Waals surface area contributed by atoms with Gasteiger partial charge in [-0.25, -0.2) is 14.5 Å². The molecule has 2 aromatic rings. The molecule has 0 spiro atoms. The Labute approximate surface area is 124 Å². The summed E-state index contributed by atoms with van der Waals surface area (Å²) in [6.07, 6.45) is 0. The third-order valence-corrected chi connectivity index (χ3v) is 4.46. The Hall–Kier alpha value is -0.730. The van der Waals surface area contributed by atoms with Gasteiger partial charge in [-0.15, -0.1) is 16.4 Å². The first-order chi connectivity index (χ1) is 8.52. The minimum absolute atomic E-state index is 0.0728. The number of carbonyl (C=O) groups is 1. The molecule has 0 saturated carbocycles. The molecule has 0 N–H and O–H groups in total. The maximum absolute atomic E-state index is 11.6. The van der Waals surface area contributed by atoms with Crippen LogP contribution in [0.1, 0.15) is 17.5 Å². The highest BCUT2D eigenvalue weighted by molar-refractivity contribution is 9.12. The van der Waals surface area contributed by atoms with Gasteiger partial charge >= 0.3 is 5.97 Å². The van der Waals surface area contributed by atoms with Gasteiger partial charge < -0.3 is 4.74 Å². The molecular weight excluding hydrogens is 386 g/mol. The zero-order valence-corrected chi connectivity index (χ0v) is 13.6. The number of ether oxygens (including phenoxy) is 1. The average Bonchev–Trinajstić information content (AvgIpc) is 2.82. The van der Waals surface area contributed by atoms with E-state index in [2.05, 4.69) is 41.9 Å². The number of nitrogens with zero attached hydrogens (tertiary/aromatic N) is 3. The maximum Gasteiger partial charge on any atom is 0.378 e. The normalized spacial score (nSPS) is 10.7. The first-order valence-electron chi connectivity index (χ1n) is 5.06. The Bertz CT molecular complexity index is 594. The van der Waals surface area contributed by atoms with Gasteiger partial charge in [0, 0.05) is 12.6 Å². The molecule has 0 saturated heterocycles. The van der Waals surface area contributed by atoms with E-state index in [-0.39, 0.29) is 5.82 Å². The van der Waals surface area contributed by atoms with E-state index in [4.69, 9.17) is 4.74 Å². The van der Waals surface area contributed by atoms with Crippen molar-refractivity contribution in [1.82, 2.24) is 14.8 Å². The van der Waals surface area contributed by atoms with Crippen molar-refractivity contribution in [2.75, 3.05) is 6.61 Å². The molecule has 0 fully saturated rings. The molecule has 0 aliphatic rings. The Morgan fingerprint density at radius 1 is 1.56 bits per heavy atom. The van der Waals surface area contributed by atoms with Gasteiger partial charge in [0.05, 0.1) is 14.2 Å². The molecule has 0 unspecified atom stereocenters. The number of hydrogen-bond acceptors (Lipinski definition) is 5. The summed E-state index contributed by atoms with van der Waals surface area (Å²) in [4.78, 5) is 15.8. The molecule has 0 radical (unpaired) electrons. The van der Waals surface area contributed by atoms with Crippen LogP contribution in [0.15, 0.2) is 13.6 Å². The van der Waals surface area contributed by atoms with E-state index < -0.39 is 5.97 Å². The van der Waals surface area contributed by atoms with Crippen LogP contribution in [0.25, 0.3) is 11.4 Å². The highest BCUT2D eigenvalue weighted by Crippen LogP contribution is 2.37. The highest BCUT2D eigenvalue weighted by atomic mass is 79.9. The number of esters is 1. The highest BCUT2D eigenvalue weighted by Gasteiger charge is 2.19. The number of halogens is 2. The SMILES string of the molecule is CCOC(=O)c1nc(-c2cc(Br)sc2Br)n(C)n1. The van der Waals surface area contributed by atoms with E-state index in [1.807, 2.05) is 6.07 Å². The second-order valence-electron chi connectivity index (χ2n) is 3.34. The number of carbonyl (C=O) groups excluding carboxylic acids is 1. The summed E-state index contributed by atoms with van der Waals surface area (Å²) in [7, 11) is 1.74. The number of aryl methyl sites for hydroxylation is 1. The van der Waals surface area contributed by atoms with Crippen LogP contribution in [0.5, 0.6) is 0 Å². The predicted octanol–water partition coefficient (Wildman–Crippen LogP) is 3.25. The second kappa shape index (κ2) is 5.50. The summed E-state index contributed by atoms with van der Waals surface area (Å²) in [5.74, 6) is 0.181. The summed E-state index contributed by atoms with van der Waals surface area (Å²) in [6.45, 7) is 2.05. The van der Waals surface area contributed by atoms with Crippen LogP contribution in [0.4, 0.5) is 0 Å². The zero-order valence-electron chi connectivity index (χ0n) is 9.61. The fourth-order valence-corrected chi connectivity index (χ4v) is 4.18. The van der Waals surface area contributed by atoms with Gasteiger partial charge in [-0.2, -0.15) is 0 Å². The quantitative estimate of drug-likeness (QED) is 0.749. The van der Waals surface area contributed by atoms with Crippen molar-refractivity contribution in [3.63, 3.8) is 0 Å². The predicted molar refractivity (Wildman–Crippen MR) is 75.7 cm³/mol. The van der Waals surface area contributed by atoms with Crippen LogP contribution < -0.4 is 0 Å². The Kier molecular flexibility index (Phi) is 4.18. The summed E-state index contributed by atoms with van der Waals surface area (Å²) in [5.41, 5.74) is 0.887. The smallest absolute Gasteiger partial charge is 0.378 e. The maximum atomic E-state index is 11.6. The molecule has 0 bridgehead atoms. The van der Waals surface area contributed by atoms with E-state index >= 15 is 0 Å². The van der Waals surface area contributed by atoms with Gasteiger partial charge in [0.1, 0.15) is 0 Å². The lowest BCUT2D eigenvalue weighted by Gasteiger charge is -1.95. The Balaban J connectivity index is 2.41. The van der Waals surface area contributed by atoms with Crippen molar-refractivity contribution in [3.05, 3.63) is 19.5 Å². The molecule has 0 atom stereocenters. The standard InChI is InChI=1S/C10H9Br2N3O2S/c1-3-17-10(16)8-13-9(15(2)14-8)5-4-6(11)18-7(5)12/h4H,3H2,1-2H3. The lowest BCUT2D eigenvalue weighted by Crippen LogP contribution is -2.07. The third-order valence-electron chi connectivity index (χ3n) is 2.12. The van der Waals surface area contributed by atoms with Crippen molar-refractivity contribution in [2.45, 2.75) is 6.92 Å². The Morgan fingerprint density at radius 2 is 2.28 bits per heavy atom. The number of hydrogen-bond donors (Lipinski definition) is 0. The van der Waals surface area contributed by atoms with Crippen molar-refractivity contribution in [1.29, 1.82) is 0 Å². The van der Waals surface area contributed by atoms with E-state index in [0.29, 0.717) is 12.4 Å². The van der Waals surface area contributed by atoms with E-state index in [1.165, 1.54) is 11.3 Å². The summed E-state index contributed by atoms with van der Waals surface area (Å²) in [5, 5.41) is 4.06. The number of thiophene rings is 1. The van der Waals surface area contributed by atoms with Crippen LogP contribution in [0.3, 0.4) is 0 Å². The molecule has 2 aromatic heterocycles. The fraction of sp³-hybridized carbons (Fsp3) is 0.300. The number of aromatic nitrogens is 3. The van der Waals surface area contributed by atoms with E-state index in [1.54, 1.807) is 18.7 Å². The molecule has 2 rings (SSSR count). The van der Waals surface area contributed by atoms with Crippen molar-refractivity contribution < 1.29 is 9.53 Å². The van der Waals surface area contributed by atoms with Crippen molar-refractivity contribution in [3.8, 4) is 11.4 Å². The van der Waals surface area contributed by atoms with Gasteiger partial charge in [-0.05, 0) is 44.8 Å². The minimum Gasteiger partial charge on any atom is -0.460 e. The lowest BCUT2D eigenvalue weighted by molar-refractivity contribution is 0.0512. The van der Waals surface area contributed by atoms with Crippen LogP contribution in [-0.2, 0) is 11.8 Å². The molecule has 18 heavy (non-hydrogen) atoms. The summed E-state index contributed by atoms with van der Waals surface area (Å²) in [6, 6.07) is 1.92. The molecule has 2 heterocycles. The monoisotopic (exact) mass is 393 g/mol. The molecular formula is C10H9Br2N3O2S. The molecule has 5 nitrogen and oxygen atoms in total. The summed E-state index contributed by atoms with van der Waals surface area (Å²) < 4.78 is 8.34. The molecule has 0 aliphatic heterocycles. The molecule has 0 aliphatic carbocycles. The van der Waals surface area contributed by atoms with Gasteiger partial charge in [0.15, 0.2) is 5.82 Å². The first-order valence-corrected chi connectivity index (χ1v) is 7.46. The van der Waals surface area contributed by atoms with Crippen LogP contribution in [0, 0.1) is 0 Å². The summed E-state index contributed by atoms with van der Waals surface area (Å²) >= 11 is 8.40. The molecule has 0 amide bonds. The van der Waals surface area contributed by atoms with Crippen molar-refractivity contribution in [2.24, 2.45) is 7.05 Å². The fourth-order valence-electron chi connectivity index (χ4n) is 1.39. The largest absolute Gasteiger partial charge is 0.460 e. The number of rotatable bonds is 3. The van der Waals surface area contributed by atoms with Gasteiger partial charge in [0.25, 0.3) is 5.82 Å². The minimum atomic E-state index is -0.509. The van der Waals surface area contributed by atoms with Crippen LogP contribution in [0.2, 0.25) is 0 Å². The average molecular weight is 395 g/mol. The zero-order chi connectivity index (χ0) is 13.3. The van der Waals surface area contributed by atoms with Gasteiger partial charge in [-0.1, -0.05) is 0 Å². The topological polar surface area (TPSA) is 57.0 Å². The van der Waals surface area contributed by atoms with Crippen LogP contribution in [-0.4, -0.2) is 27.3 Å². The first kappa shape index (κ1) is 13.7. The van der Waals surface area contributed by atoms with E-state index in [9.17, 15) is 4.79 Å². The third kappa shape index (κ3) is 2.65. The van der Waals surface area contributed by atoms with E-state index in [0.717, 1.165) is 13.1 Å². The molecule has 8 heteroatoms.